The van der Waals surface area contributed by atoms with E-state index in [-0.39, 0.29) is 0 Å². The second-order valence-corrected chi connectivity index (χ2v) is 18.7. The van der Waals surface area contributed by atoms with Gasteiger partial charge in [-0.3, -0.25) is 0 Å². The summed E-state index contributed by atoms with van der Waals surface area (Å²) in [6.07, 6.45) is 0. The fraction of sp³-hybridized carbons (Fsp3) is 0.0938. The summed E-state index contributed by atoms with van der Waals surface area (Å²) in [6, 6.07) is 74.6. The molecule has 0 bridgehead atoms. The van der Waals surface area contributed by atoms with Crippen LogP contribution in [0.4, 0.5) is 34.1 Å². The van der Waals surface area contributed by atoms with Crippen LogP contribution < -0.4 is 9.80 Å². The maximum absolute atomic E-state index is 7.29. The van der Waals surface area contributed by atoms with Crippen molar-refractivity contribution in [1.82, 2.24) is 0 Å². The number of anilines is 6. The third kappa shape index (κ3) is 6.07. The second-order valence-electron chi connectivity index (χ2n) is 18.7. The van der Waals surface area contributed by atoms with Crippen molar-refractivity contribution in [2.24, 2.45) is 0 Å². The molecule has 13 rings (SSSR count). The van der Waals surface area contributed by atoms with E-state index in [9.17, 15) is 0 Å². The van der Waals surface area contributed by atoms with Crippen molar-refractivity contribution < 1.29 is 8.83 Å². The predicted octanol–water partition coefficient (Wildman–Crippen LogP) is 19.3. The molecule has 0 atom stereocenters. The number of rotatable bonds is 8. The van der Waals surface area contributed by atoms with Gasteiger partial charge in [0.15, 0.2) is 0 Å². The molecule has 0 amide bonds. The molecule has 0 fully saturated rings. The van der Waals surface area contributed by atoms with E-state index in [1.165, 1.54) is 32.7 Å². The maximum Gasteiger partial charge on any atom is 0.147 e. The van der Waals surface area contributed by atoms with Gasteiger partial charge in [-0.25, -0.2) is 0 Å². The molecule has 4 heteroatoms. The average Bonchev–Trinajstić information content (AvgIpc) is 3.96. The number of hydrogen-bond acceptors (Lipinski definition) is 4. The average molecular weight is 877 g/mol. The van der Waals surface area contributed by atoms with Gasteiger partial charge in [0.25, 0.3) is 0 Å². The highest BCUT2D eigenvalue weighted by Gasteiger charge is 2.27. The number of benzene rings is 11. The van der Waals surface area contributed by atoms with Crippen LogP contribution in [0.1, 0.15) is 50.7 Å². The summed E-state index contributed by atoms with van der Waals surface area (Å²) in [5.74, 6) is 0.771. The van der Waals surface area contributed by atoms with Gasteiger partial charge in [0.2, 0.25) is 0 Å². The summed E-state index contributed by atoms with van der Waals surface area (Å²) in [7, 11) is 0. The molecular weight excluding hydrogens is 829 g/mol. The van der Waals surface area contributed by atoms with Crippen molar-refractivity contribution >= 4 is 121 Å². The zero-order chi connectivity index (χ0) is 45.6. The summed E-state index contributed by atoms with van der Waals surface area (Å²) >= 11 is 0. The highest BCUT2D eigenvalue weighted by atomic mass is 16.3. The molecule has 0 aliphatic carbocycles. The third-order valence-electron chi connectivity index (χ3n) is 14.1. The summed E-state index contributed by atoms with van der Waals surface area (Å²) in [4.78, 5) is 4.82. The zero-order valence-corrected chi connectivity index (χ0v) is 38.5. The maximum atomic E-state index is 7.29. The summed E-state index contributed by atoms with van der Waals surface area (Å²) in [6.45, 7) is 9.09. The molecule has 2 heterocycles. The Morgan fingerprint density at radius 1 is 0.294 bits per heavy atom. The lowest BCUT2D eigenvalue weighted by Gasteiger charge is -2.29. The Labute approximate surface area is 394 Å². The molecule has 0 spiro atoms. The van der Waals surface area contributed by atoms with Gasteiger partial charge < -0.3 is 18.6 Å². The Hall–Kier alpha value is -8.34. The molecule has 68 heavy (non-hydrogen) atoms. The standard InChI is InChI=1S/C64H48N2O2/c1-39(2)43-31-34-54(47-25-13-11-23-45(43)47)65(41-19-7-5-8-20-41)56-37-59-61(51-29-17-15-27-49(51)56)53-33-36-58-63(64(53)68-59)62-52-30-18-16-28-50(52)57(38-60(62)67-58)66(42-21-9-6-10-22-42)55-35-32-44(40(3)4)46-24-12-14-26-48(46)55/h5-40H,1-4H3. The SMILES string of the molecule is CC(C)c1ccc(N(c2ccccc2)c2cc3oc4c(ccc5oc6cc(N(c7ccccc7)c7ccc(C(C)C)c8ccccc78)c7ccccc7c6c54)c3c3ccccc23)c2ccccc12. The van der Waals surface area contributed by atoms with Crippen molar-refractivity contribution in [3.63, 3.8) is 0 Å². The van der Waals surface area contributed by atoms with Crippen molar-refractivity contribution in [1.29, 1.82) is 0 Å². The lowest BCUT2D eigenvalue weighted by Crippen LogP contribution is -2.11. The van der Waals surface area contributed by atoms with Crippen LogP contribution in [0.3, 0.4) is 0 Å². The zero-order valence-electron chi connectivity index (χ0n) is 38.5. The first-order chi connectivity index (χ1) is 33.4. The van der Waals surface area contributed by atoms with Gasteiger partial charge in [0, 0.05) is 61.2 Å². The van der Waals surface area contributed by atoms with E-state index in [4.69, 9.17) is 8.83 Å². The van der Waals surface area contributed by atoms with E-state index in [0.717, 1.165) is 99.5 Å². The van der Waals surface area contributed by atoms with E-state index >= 15 is 0 Å². The highest BCUT2D eigenvalue weighted by Crippen LogP contribution is 2.51. The minimum Gasteiger partial charge on any atom is -0.456 e. The normalized spacial score (nSPS) is 12.1. The van der Waals surface area contributed by atoms with Crippen LogP contribution in [0.15, 0.2) is 215 Å². The fourth-order valence-corrected chi connectivity index (χ4v) is 11.1. The minimum atomic E-state index is 0.386. The van der Waals surface area contributed by atoms with Crippen LogP contribution in [0.5, 0.6) is 0 Å². The molecule has 0 saturated heterocycles. The molecule has 326 valence electrons. The molecule has 11 aromatic carbocycles. The first-order valence-electron chi connectivity index (χ1n) is 23.8. The van der Waals surface area contributed by atoms with Crippen LogP contribution in [-0.2, 0) is 0 Å². The molecule has 0 unspecified atom stereocenters. The van der Waals surface area contributed by atoms with E-state index in [0.29, 0.717) is 11.8 Å². The largest absolute Gasteiger partial charge is 0.456 e. The smallest absolute Gasteiger partial charge is 0.147 e. The van der Waals surface area contributed by atoms with Crippen molar-refractivity contribution in [3.8, 4) is 0 Å². The monoisotopic (exact) mass is 876 g/mol. The first-order valence-corrected chi connectivity index (χ1v) is 23.8. The van der Waals surface area contributed by atoms with Gasteiger partial charge in [0.1, 0.15) is 22.3 Å². The van der Waals surface area contributed by atoms with Gasteiger partial charge in [-0.05, 0) is 93.0 Å². The van der Waals surface area contributed by atoms with E-state index < -0.39 is 0 Å². The van der Waals surface area contributed by atoms with Crippen LogP contribution in [-0.4, -0.2) is 0 Å². The Kier molecular flexibility index (Phi) is 9.20. The summed E-state index contributed by atoms with van der Waals surface area (Å²) in [5, 5.41) is 13.6. The molecule has 4 nitrogen and oxygen atoms in total. The molecule has 0 N–H and O–H groups in total. The molecule has 0 aliphatic rings. The van der Waals surface area contributed by atoms with Crippen molar-refractivity contribution in [2.75, 3.05) is 9.80 Å². The fourth-order valence-electron chi connectivity index (χ4n) is 11.1. The number of nitrogens with zero attached hydrogens (tertiary/aromatic N) is 2. The molecular formula is C64H48N2O2. The number of fused-ring (bicyclic) bond motifs is 13. The topological polar surface area (TPSA) is 32.8 Å². The summed E-state index contributed by atoms with van der Waals surface area (Å²) in [5.41, 5.74) is 12.4. The number of furan rings is 2. The van der Waals surface area contributed by atoms with Gasteiger partial charge >= 0.3 is 0 Å². The van der Waals surface area contributed by atoms with Gasteiger partial charge in [-0.1, -0.05) is 173 Å². The van der Waals surface area contributed by atoms with Crippen LogP contribution >= 0.6 is 0 Å². The lowest BCUT2D eigenvalue weighted by molar-refractivity contribution is 0.663. The Morgan fingerprint density at radius 3 is 1.16 bits per heavy atom. The van der Waals surface area contributed by atoms with E-state index in [2.05, 4.69) is 244 Å². The Balaban J connectivity index is 1.08. The molecule has 13 aromatic rings. The van der Waals surface area contributed by atoms with Crippen LogP contribution in [0.25, 0.3) is 87.0 Å². The molecule has 0 aliphatic heterocycles. The summed E-state index contributed by atoms with van der Waals surface area (Å²) < 4.78 is 14.3. The molecule has 2 aromatic heterocycles. The highest BCUT2D eigenvalue weighted by molar-refractivity contribution is 6.32. The van der Waals surface area contributed by atoms with Gasteiger partial charge in [-0.2, -0.15) is 0 Å². The first kappa shape index (κ1) is 40.0. The molecule has 0 radical (unpaired) electrons. The van der Waals surface area contributed by atoms with Crippen molar-refractivity contribution in [3.05, 3.63) is 217 Å². The lowest BCUT2D eigenvalue weighted by atomic mass is 9.94. The van der Waals surface area contributed by atoms with Crippen LogP contribution in [0.2, 0.25) is 0 Å². The molecule has 0 saturated carbocycles. The van der Waals surface area contributed by atoms with Crippen LogP contribution in [0, 0.1) is 0 Å². The third-order valence-corrected chi connectivity index (χ3v) is 14.1. The van der Waals surface area contributed by atoms with Gasteiger partial charge in [-0.15, -0.1) is 0 Å². The quantitative estimate of drug-likeness (QED) is 0.152. The number of hydrogen-bond donors (Lipinski definition) is 0. The Morgan fingerprint density at radius 2 is 0.691 bits per heavy atom. The van der Waals surface area contributed by atoms with Gasteiger partial charge in [0.05, 0.1) is 28.1 Å². The second kappa shape index (κ2) is 15.6. The van der Waals surface area contributed by atoms with Crippen molar-refractivity contribution in [2.45, 2.75) is 39.5 Å². The van der Waals surface area contributed by atoms with E-state index in [1.54, 1.807) is 0 Å². The Bertz CT molecular complexity index is 4110. The van der Waals surface area contributed by atoms with E-state index in [1.807, 2.05) is 0 Å². The minimum absolute atomic E-state index is 0.386. The number of para-hydroxylation sites is 2. The predicted molar refractivity (Wildman–Crippen MR) is 289 cm³/mol.